The molecule has 0 amide bonds. The Kier molecular flexibility index (Phi) is 2.91. The first-order valence-electron chi connectivity index (χ1n) is 4.03. The molecule has 1 atom stereocenters. The Bertz CT molecular complexity index is 480. The zero-order valence-corrected chi connectivity index (χ0v) is 10.2. The molecule has 0 aliphatic carbocycles. The Morgan fingerprint density at radius 1 is 1.00 bits per heavy atom. The summed E-state index contributed by atoms with van der Waals surface area (Å²) in [5.41, 5.74) is 0. The molecule has 0 heterocycles. The second-order valence-electron chi connectivity index (χ2n) is 2.97. The summed E-state index contributed by atoms with van der Waals surface area (Å²) < 4.78 is 5.19. The summed E-state index contributed by atoms with van der Waals surface area (Å²) in [5.74, 6) is 0.811. The van der Waals surface area contributed by atoms with Crippen LogP contribution in [0, 0.1) is 0 Å². The number of benzene rings is 2. The maximum Gasteiger partial charge on any atom is 0.131 e. The van der Waals surface area contributed by atoms with E-state index in [-0.39, 0.29) is 0 Å². The van der Waals surface area contributed by atoms with Crippen molar-refractivity contribution in [3.63, 3.8) is 0 Å². The van der Waals surface area contributed by atoms with E-state index in [2.05, 4.69) is 34.7 Å². The van der Waals surface area contributed by atoms with Crippen molar-refractivity contribution in [3.05, 3.63) is 30.3 Å². The van der Waals surface area contributed by atoms with Crippen LogP contribution in [0.1, 0.15) is 0 Å². The normalized spacial score (nSPS) is 10.5. The molecule has 0 aliphatic heterocycles. The summed E-state index contributed by atoms with van der Waals surface area (Å²) in [6.07, 6.45) is 0. The Balaban J connectivity index is 2.81. The zero-order chi connectivity index (χ0) is 10.1. The lowest BCUT2D eigenvalue weighted by atomic mass is 10.1. The van der Waals surface area contributed by atoms with E-state index in [0.29, 0.717) is 0 Å². The van der Waals surface area contributed by atoms with Gasteiger partial charge in [0.2, 0.25) is 0 Å². The molecule has 0 aliphatic rings. The van der Waals surface area contributed by atoms with Gasteiger partial charge in [0, 0.05) is 15.2 Å². The van der Waals surface area contributed by atoms with Crippen molar-refractivity contribution < 1.29 is 4.52 Å². The van der Waals surface area contributed by atoms with Gasteiger partial charge in [-0.1, -0.05) is 0 Å². The first-order valence-corrected chi connectivity index (χ1v) is 5.40. The Morgan fingerprint density at radius 2 is 1.71 bits per heavy atom. The SMILES string of the molecule is POc1cc(S)cc2cc(S)ccc12. The molecule has 0 spiro atoms. The van der Waals surface area contributed by atoms with Crippen LogP contribution in [0.5, 0.6) is 5.75 Å². The lowest BCUT2D eigenvalue weighted by Crippen LogP contribution is -1.80. The predicted molar refractivity (Wildman–Crippen MR) is 68.8 cm³/mol. The van der Waals surface area contributed by atoms with Gasteiger partial charge in [0.1, 0.15) is 5.75 Å². The summed E-state index contributed by atoms with van der Waals surface area (Å²) in [4.78, 5) is 1.82. The molecule has 0 fully saturated rings. The number of thiol groups is 2. The van der Waals surface area contributed by atoms with E-state index in [0.717, 1.165) is 26.3 Å². The van der Waals surface area contributed by atoms with Crippen molar-refractivity contribution in [2.24, 2.45) is 0 Å². The molecule has 1 nitrogen and oxygen atoms in total. The molecular formula is C10H9OPS2. The molecule has 14 heavy (non-hydrogen) atoms. The van der Waals surface area contributed by atoms with E-state index in [1.807, 2.05) is 30.3 Å². The second-order valence-corrected chi connectivity index (χ2v) is 4.24. The highest BCUT2D eigenvalue weighted by atomic mass is 32.1. The topological polar surface area (TPSA) is 9.23 Å². The smallest absolute Gasteiger partial charge is 0.131 e. The van der Waals surface area contributed by atoms with Crippen LogP contribution < -0.4 is 4.52 Å². The lowest BCUT2D eigenvalue weighted by molar-refractivity contribution is 0.652. The fraction of sp³-hybridized carbons (Fsp3) is 0. The largest absolute Gasteiger partial charge is 0.480 e. The minimum Gasteiger partial charge on any atom is -0.480 e. The van der Waals surface area contributed by atoms with Crippen molar-refractivity contribution in [1.29, 1.82) is 0 Å². The van der Waals surface area contributed by atoms with Gasteiger partial charge in [0.25, 0.3) is 0 Å². The van der Waals surface area contributed by atoms with Crippen LogP contribution in [0.15, 0.2) is 40.1 Å². The summed E-state index contributed by atoms with van der Waals surface area (Å²) in [5, 5.41) is 2.15. The second kappa shape index (κ2) is 4.01. The maximum atomic E-state index is 5.19. The van der Waals surface area contributed by atoms with E-state index in [1.165, 1.54) is 0 Å². The molecule has 0 radical (unpaired) electrons. The fourth-order valence-electron chi connectivity index (χ4n) is 1.40. The first-order chi connectivity index (χ1) is 6.70. The molecule has 2 aromatic rings. The van der Waals surface area contributed by atoms with Gasteiger partial charge in [-0.2, -0.15) is 0 Å². The standard InChI is InChI=1S/C10H9OPS2/c12-11-10-5-8(14)4-6-3-7(13)1-2-9(6)10/h1-5,13-14H,12H2. The predicted octanol–water partition coefficient (Wildman–Crippen LogP) is 3.59. The van der Waals surface area contributed by atoms with Gasteiger partial charge < -0.3 is 4.52 Å². The van der Waals surface area contributed by atoms with Gasteiger partial charge in [-0.15, -0.1) is 25.3 Å². The van der Waals surface area contributed by atoms with Crippen molar-refractivity contribution >= 4 is 45.5 Å². The molecule has 0 bridgehead atoms. The summed E-state index contributed by atoms with van der Waals surface area (Å²) >= 11 is 8.59. The average Bonchev–Trinajstić information content (AvgIpc) is 2.15. The van der Waals surface area contributed by atoms with E-state index in [1.54, 1.807) is 0 Å². The number of fused-ring (bicyclic) bond motifs is 1. The van der Waals surface area contributed by atoms with Crippen molar-refractivity contribution in [1.82, 2.24) is 0 Å². The van der Waals surface area contributed by atoms with Gasteiger partial charge in [-0.05, 0) is 35.7 Å². The van der Waals surface area contributed by atoms with Gasteiger partial charge in [-0.3, -0.25) is 0 Å². The first kappa shape index (κ1) is 10.2. The number of hydrogen-bond donors (Lipinski definition) is 2. The highest BCUT2D eigenvalue weighted by Crippen LogP contribution is 2.31. The summed E-state index contributed by atoms with van der Waals surface area (Å²) in [6.45, 7) is 0. The van der Waals surface area contributed by atoms with Crippen LogP contribution in [-0.2, 0) is 0 Å². The lowest BCUT2D eigenvalue weighted by Gasteiger charge is -2.06. The van der Waals surface area contributed by atoms with Crippen LogP contribution >= 0.6 is 34.7 Å². The van der Waals surface area contributed by atoms with Crippen molar-refractivity contribution in [3.8, 4) is 5.75 Å². The summed E-state index contributed by atoms with van der Waals surface area (Å²) in [7, 11) is 2.25. The highest BCUT2D eigenvalue weighted by Gasteiger charge is 2.02. The Hall–Kier alpha value is -0.370. The average molecular weight is 240 g/mol. The van der Waals surface area contributed by atoms with E-state index >= 15 is 0 Å². The summed E-state index contributed by atoms with van der Waals surface area (Å²) in [6, 6.07) is 9.80. The van der Waals surface area contributed by atoms with Crippen molar-refractivity contribution in [2.45, 2.75) is 9.79 Å². The van der Waals surface area contributed by atoms with Gasteiger partial charge in [0.15, 0.2) is 0 Å². The van der Waals surface area contributed by atoms with Gasteiger partial charge >= 0.3 is 0 Å². The Labute approximate surface area is 96.0 Å². The molecule has 1 unspecified atom stereocenters. The molecule has 0 saturated heterocycles. The van der Waals surface area contributed by atoms with Crippen LogP contribution in [-0.4, -0.2) is 0 Å². The molecule has 72 valence electrons. The molecular weight excluding hydrogens is 231 g/mol. The molecule has 2 rings (SSSR count). The quantitative estimate of drug-likeness (QED) is 0.572. The Morgan fingerprint density at radius 3 is 2.43 bits per heavy atom. The van der Waals surface area contributed by atoms with Gasteiger partial charge in [0.05, 0.1) is 9.47 Å². The van der Waals surface area contributed by atoms with Crippen LogP contribution in [0.4, 0.5) is 0 Å². The third-order valence-electron chi connectivity index (χ3n) is 2.01. The minimum absolute atomic E-state index is 0.811. The maximum absolute atomic E-state index is 5.19. The van der Waals surface area contributed by atoms with Crippen LogP contribution in [0.25, 0.3) is 10.8 Å². The molecule has 0 N–H and O–H groups in total. The third-order valence-corrected chi connectivity index (χ3v) is 2.80. The van der Waals surface area contributed by atoms with Gasteiger partial charge in [-0.25, -0.2) is 0 Å². The number of rotatable bonds is 1. The van der Waals surface area contributed by atoms with E-state index < -0.39 is 0 Å². The fourth-order valence-corrected chi connectivity index (χ4v) is 2.07. The number of hydrogen-bond acceptors (Lipinski definition) is 3. The third kappa shape index (κ3) is 1.85. The zero-order valence-electron chi connectivity index (χ0n) is 7.27. The van der Waals surface area contributed by atoms with E-state index in [4.69, 9.17) is 4.52 Å². The van der Waals surface area contributed by atoms with Crippen LogP contribution in [0.3, 0.4) is 0 Å². The highest BCUT2D eigenvalue weighted by molar-refractivity contribution is 7.80. The van der Waals surface area contributed by atoms with Crippen LogP contribution in [0.2, 0.25) is 0 Å². The monoisotopic (exact) mass is 240 g/mol. The van der Waals surface area contributed by atoms with Crippen molar-refractivity contribution in [2.75, 3.05) is 0 Å². The van der Waals surface area contributed by atoms with E-state index in [9.17, 15) is 0 Å². The molecule has 0 saturated carbocycles. The minimum atomic E-state index is 0.811. The molecule has 4 heteroatoms. The molecule has 2 aromatic carbocycles. The molecule has 0 aromatic heterocycles.